The first-order valence-corrected chi connectivity index (χ1v) is 5.52. The minimum Gasteiger partial charge on any atom is -0.346 e. The molecule has 1 aromatic heterocycles. The highest BCUT2D eigenvalue weighted by Crippen LogP contribution is 2.16. The number of hydrogen-bond donors (Lipinski definition) is 1. The third kappa shape index (κ3) is 10.3. The summed E-state index contributed by atoms with van der Waals surface area (Å²) in [4.78, 5) is 6.89. The number of terminal acetylenes is 1. The Labute approximate surface area is 105 Å². The van der Waals surface area contributed by atoms with Crippen molar-refractivity contribution in [2.24, 2.45) is 4.99 Å². The van der Waals surface area contributed by atoms with Crippen molar-refractivity contribution in [2.75, 3.05) is 0 Å². The van der Waals surface area contributed by atoms with Crippen LogP contribution in [0.3, 0.4) is 0 Å². The van der Waals surface area contributed by atoms with E-state index in [0.29, 0.717) is 0 Å². The van der Waals surface area contributed by atoms with E-state index in [1.54, 1.807) is 12.3 Å². The van der Waals surface area contributed by atoms with Gasteiger partial charge in [-0.1, -0.05) is 38.0 Å². The monoisotopic (exact) mass is 230 g/mol. The Kier molecular flexibility index (Phi) is 12.3. The van der Waals surface area contributed by atoms with Crippen LogP contribution in [0, 0.1) is 12.3 Å². The lowest BCUT2D eigenvalue weighted by atomic mass is 10.3. The molecule has 0 fully saturated rings. The number of aromatic amines is 1. The molecule has 2 heteroatoms. The van der Waals surface area contributed by atoms with Gasteiger partial charge in [0.1, 0.15) is 5.82 Å². The Morgan fingerprint density at radius 3 is 2.41 bits per heavy atom. The van der Waals surface area contributed by atoms with Gasteiger partial charge in [0.15, 0.2) is 0 Å². The van der Waals surface area contributed by atoms with Gasteiger partial charge in [-0.15, -0.1) is 13.0 Å². The molecule has 17 heavy (non-hydrogen) atoms. The van der Waals surface area contributed by atoms with E-state index >= 15 is 0 Å². The van der Waals surface area contributed by atoms with Gasteiger partial charge in [0.2, 0.25) is 0 Å². The summed E-state index contributed by atoms with van der Waals surface area (Å²) in [6.07, 6.45) is 9.91. The van der Waals surface area contributed by atoms with Crippen LogP contribution in [0.1, 0.15) is 33.3 Å². The molecule has 0 aliphatic rings. The van der Waals surface area contributed by atoms with Crippen LogP contribution in [0.15, 0.2) is 36.0 Å². The van der Waals surface area contributed by atoms with Crippen molar-refractivity contribution >= 4 is 18.1 Å². The van der Waals surface area contributed by atoms with E-state index in [9.17, 15) is 0 Å². The number of aliphatic imine (C=N–C) groups is 1. The molecule has 1 N–H and O–H groups in total. The quantitative estimate of drug-likeness (QED) is 0.437. The number of aromatic nitrogens is 1. The van der Waals surface area contributed by atoms with Gasteiger partial charge in [-0.25, -0.2) is 4.99 Å². The fourth-order valence-corrected chi connectivity index (χ4v) is 0.751. The lowest BCUT2D eigenvalue weighted by molar-refractivity contribution is 1.34. The SMILES string of the molecule is C#C/C=N\c1[nH]ccc1C=C.C=C(C)C.CC. The average Bonchev–Trinajstić information content (AvgIpc) is 2.75. The molecule has 0 unspecified atom stereocenters. The number of rotatable bonds is 2. The number of nitrogens with zero attached hydrogens (tertiary/aromatic N) is 1. The lowest BCUT2D eigenvalue weighted by Crippen LogP contribution is -1.68. The first-order valence-electron chi connectivity index (χ1n) is 5.52. The van der Waals surface area contributed by atoms with Crippen LogP contribution in [0.4, 0.5) is 5.82 Å². The molecular weight excluding hydrogens is 208 g/mol. The van der Waals surface area contributed by atoms with Crippen LogP contribution in [-0.4, -0.2) is 11.2 Å². The van der Waals surface area contributed by atoms with Crippen LogP contribution in [0.5, 0.6) is 0 Å². The van der Waals surface area contributed by atoms with Gasteiger partial charge in [-0.3, -0.25) is 0 Å². The topological polar surface area (TPSA) is 28.1 Å². The molecule has 0 bridgehead atoms. The van der Waals surface area contributed by atoms with Crippen molar-refractivity contribution in [2.45, 2.75) is 27.7 Å². The van der Waals surface area contributed by atoms with Crippen LogP contribution >= 0.6 is 0 Å². The van der Waals surface area contributed by atoms with Gasteiger partial charge < -0.3 is 4.98 Å². The summed E-state index contributed by atoms with van der Waals surface area (Å²) in [7, 11) is 0. The molecule has 0 aliphatic carbocycles. The minimum absolute atomic E-state index is 0.748. The Bertz CT molecular complexity index is 385. The van der Waals surface area contributed by atoms with Gasteiger partial charge in [0.05, 0.1) is 6.21 Å². The fourth-order valence-electron chi connectivity index (χ4n) is 0.751. The average molecular weight is 230 g/mol. The third-order valence-electron chi connectivity index (χ3n) is 1.24. The van der Waals surface area contributed by atoms with E-state index in [1.807, 2.05) is 33.8 Å². The molecule has 0 saturated heterocycles. The van der Waals surface area contributed by atoms with Gasteiger partial charge in [-0.05, 0) is 19.9 Å². The van der Waals surface area contributed by atoms with Crippen LogP contribution in [0.25, 0.3) is 6.08 Å². The number of allylic oxidation sites excluding steroid dienone is 1. The summed E-state index contributed by atoms with van der Waals surface area (Å²) < 4.78 is 0. The summed E-state index contributed by atoms with van der Waals surface area (Å²) >= 11 is 0. The van der Waals surface area contributed by atoms with E-state index in [-0.39, 0.29) is 0 Å². The predicted octanol–water partition coefficient (Wildman–Crippen LogP) is 4.60. The van der Waals surface area contributed by atoms with Gasteiger partial charge >= 0.3 is 0 Å². The maximum atomic E-state index is 5.00. The largest absolute Gasteiger partial charge is 0.346 e. The number of nitrogens with one attached hydrogen (secondary N) is 1. The molecule has 0 aromatic carbocycles. The van der Waals surface area contributed by atoms with E-state index in [4.69, 9.17) is 6.42 Å². The first-order chi connectivity index (χ1) is 8.11. The normalized spacial score (nSPS) is 8.18. The molecule has 0 saturated carbocycles. The van der Waals surface area contributed by atoms with E-state index in [2.05, 4.69) is 29.1 Å². The van der Waals surface area contributed by atoms with Crippen molar-refractivity contribution < 1.29 is 0 Å². The Morgan fingerprint density at radius 2 is 2.00 bits per heavy atom. The van der Waals surface area contributed by atoms with Gasteiger partial charge in [0.25, 0.3) is 0 Å². The summed E-state index contributed by atoms with van der Waals surface area (Å²) in [6.45, 7) is 15.1. The maximum Gasteiger partial charge on any atom is 0.137 e. The number of hydrogen-bond acceptors (Lipinski definition) is 1. The molecule has 1 rings (SSSR count). The van der Waals surface area contributed by atoms with Crippen molar-refractivity contribution in [1.82, 2.24) is 4.98 Å². The third-order valence-corrected chi connectivity index (χ3v) is 1.24. The summed E-state index contributed by atoms with van der Waals surface area (Å²) in [5.74, 6) is 3.06. The zero-order chi connectivity index (χ0) is 13.7. The summed E-state index contributed by atoms with van der Waals surface area (Å²) in [5, 5.41) is 0. The molecule has 2 nitrogen and oxygen atoms in total. The molecular formula is C15H22N2. The molecule has 1 heterocycles. The fraction of sp³-hybridized carbons (Fsp3) is 0.267. The van der Waals surface area contributed by atoms with Crippen molar-refractivity contribution in [1.29, 1.82) is 0 Å². The van der Waals surface area contributed by atoms with Crippen LogP contribution in [-0.2, 0) is 0 Å². The highest BCUT2D eigenvalue weighted by Gasteiger charge is 1.94. The second-order valence-electron chi connectivity index (χ2n) is 3.12. The minimum atomic E-state index is 0.748. The Morgan fingerprint density at radius 1 is 1.47 bits per heavy atom. The van der Waals surface area contributed by atoms with E-state index in [1.165, 1.54) is 11.8 Å². The van der Waals surface area contributed by atoms with Crippen molar-refractivity contribution in [3.63, 3.8) is 0 Å². The van der Waals surface area contributed by atoms with Gasteiger partial charge in [-0.2, -0.15) is 0 Å². The highest BCUT2D eigenvalue weighted by molar-refractivity contribution is 5.80. The highest BCUT2D eigenvalue weighted by atomic mass is 14.9. The molecule has 0 aliphatic heterocycles. The molecule has 92 valence electrons. The van der Waals surface area contributed by atoms with Crippen molar-refractivity contribution in [3.8, 4) is 12.3 Å². The molecule has 0 atom stereocenters. The lowest BCUT2D eigenvalue weighted by Gasteiger charge is -1.87. The zero-order valence-electron chi connectivity index (χ0n) is 11.2. The zero-order valence-corrected chi connectivity index (χ0v) is 11.2. The smallest absolute Gasteiger partial charge is 0.137 e. The second kappa shape index (κ2) is 12.1. The molecule has 0 amide bonds. The van der Waals surface area contributed by atoms with E-state index in [0.717, 1.165) is 11.4 Å². The Balaban J connectivity index is 0. The molecule has 1 aromatic rings. The second-order valence-corrected chi connectivity index (χ2v) is 3.12. The summed E-state index contributed by atoms with van der Waals surface area (Å²) in [5.41, 5.74) is 2.12. The number of H-pyrrole nitrogens is 1. The van der Waals surface area contributed by atoms with Crippen LogP contribution < -0.4 is 0 Å². The maximum absolute atomic E-state index is 5.00. The first kappa shape index (κ1) is 17.4. The molecule has 0 spiro atoms. The molecule has 0 radical (unpaired) electrons. The van der Waals surface area contributed by atoms with Gasteiger partial charge in [0, 0.05) is 11.8 Å². The van der Waals surface area contributed by atoms with E-state index < -0.39 is 0 Å². The summed E-state index contributed by atoms with van der Waals surface area (Å²) in [6, 6.07) is 1.89. The Hall–Kier alpha value is -2.01. The van der Waals surface area contributed by atoms with Crippen molar-refractivity contribution in [3.05, 3.63) is 36.6 Å². The van der Waals surface area contributed by atoms with Crippen LogP contribution in [0.2, 0.25) is 0 Å². The standard InChI is InChI=1S/C9H8N2.C4H8.C2H6/c1-3-6-10-9-8(4-2)5-7-11-9;1-4(2)3;1-2/h1,4-7,11H,2H2;1H2,2-3H3;1-2H3/b10-6-;;. The predicted molar refractivity (Wildman–Crippen MR) is 79.7 cm³/mol.